The van der Waals surface area contributed by atoms with Gasteiger partial charge in [-0.2, -0.15) is 0 Å². The summed E-state index contributed by atoms with van der Waals surface area (Å²) in [6, 6.07) is 8.15. The van der Waals surface area contributed by atoms with E-state index < -0.39 is 40.7 Å². The van der Waals surface area contributed by atoms with Crippen LogP contribution in [0.5, 0.6) is 0 Å². The lowest BCUT2D eigenvalue weighted by atomic mass is 9.66. The van der Waals surface area contributed by atoms with Crippen LogP contribution in [0.15, 0.2) is 55.6 Å². The van der Waals surface area contributed by atoms with E-state index in [1.165, 1.54) is 4.90 Å². The van der Waals surface area contributed by atoms with Gasteiger partial charge in [-0.1, -0.05) is 63.3 Å². The van der Waals surface area contributed by atoms with E-state index in [1.807, 2.05) is 56.0 Å². The van der Waals surface area contributed by atoms with Gasteiger partial charge in [-0.3, -0.25) is 14.4 Å². The number of carbonyl (C=O) groups is 3. The highest BCUT2D eigenvalue weighted by molar-refractivity contribution is 5.99. The number of hydrogen-bond acceptors (Lipinski definition) is 5. The Morgan fingerprint density at radius 3 is 2.28 bits per heavy atom. The van der Waals surface area contributed by atoms with E-state index in [4.69, 9.17) is 4.74 Å². The number of carbonyl (C=O) groups excluding carboxylic acids is 3. The van der Waals surface area contributed by atoms with Crippen LogP contribution in [0.1, 0.15) is 73.3 Å². The molecule has 1 spiro atoms. The molecular weight excluding hydrogens is 542 g/mol. The maximum atomic E-state index is 14.8. The first-order valence-corrected chi connectivity index (χ1v) is 15.6. The largest absolute Gasteiger partial charge is 0.394 e. The molecule has 4 rings (SSSR count). The van der Waals surface area contributed by atoms with Crippen LogP contribution in [0, 0.1) is 17.3 Å². The van der Waals surface area contributed by atoms with Gasteiger partial charge in [0.1, 0.15) is 11.6 Å². The number of hydrogen-bond donors (Lipinski definition) is 1. The fourth-order valence-electron chi connectivity index (χ4n) is 8.28. The van der Waals surface area contributed by atoms with Gasteiger partial charge in [0.25, 0.3) is 0 Å². The molecule has 2 bridgehead atoms. The molecule has 0 radical (unpaired) electrons. The van der Waals surface area contributed by atoms with Gasteiger partial charge in [0.2, 0.25) is 17.7 Å². The summed E-state index contributed by atoms with van der Waals surface area (Å²) in [4.78, 5) is 48.9. The second-order valence-corrected chi connectivity index (χ2v) is 14.8. The third-order valence-electron chi connectivity index (χ3n) is 9.60. The Balaban J connectivity index is 1.79. The highest BCUT2D eigenvalue weighted by atomic mass is 16.5. The SMILES string of the molecule is C=CCN(Cc1ccccc1)C(=O)[C@@H]1[C@H]2C(=O)N([C@H](C)CO)C(C(=O)N(CC=C)C(C)(C)CC(C)(C)C)C23CC[C@@]1(C)O3. The molecule has 0 saturated carbocycles. The molecule has 0 aliphatic carbocycles. The standard InChI is InChI=1S/C35H51N3O5/c1-10-19-36(21-25-15-13-12-14-16-25)29(40)26-27-30(41)38(24(3)22-39)28(35(27)18-17-34(26,9)43-35)31(42)37(20-11-2)33(7,8)23-32(4,5)6/h10-16,24,26-28,39H,1-2,17-23H2,3-9H3/t24-,26+,27+,28?,34-,35?/m1/s1. The third-order valence-corrected chi connectivity index (χ3v) is 9.60. The average molecular weight is 594 g/mol. The zero-order chi connectivity index (χ0) is 32.0. The lowest BCUT2D eigenvalue weighted by Gasteiger charge is -2.46. The molecule has 3 aliphatic heterocycles. The first-order valence-electron chi connectivity index (χ1n) is 15.6. The van der Waals surface area contributed by atoms with Crippen molar-refractivity contribution >= 4 is 17.7 Å². The van der Waals surface area contributed by atoms with Gasteiger partial charge in [-0.05, 0) is 57.9 Å². The zero-order valence-corrected chi connectivity index (χ0v) is 27.1. The Morgan fingerprint density at radius 2 is 1.72 bits per heavy atom. The number of ether oxygens (including phenoxy) is 1. The van der Waals surface area contributed by atoms with Crippen LogP contribution in [0.3, 0.4) is 0 Å². The van der Waals surface area contributed by atoms with Crippen LogP contribution in [0.2, 0.25) is 0 Å². The van der Waals surface area contributed by atoms with Crippen molar-refractivity contribution in [3.8, 4) is 0 Å². The quantitative estimate of drug-likeness (QED) is 0.359. The van der Waals surface area contributed by atoms with Crippen molar-refractivity contribution in [2.24, 2.45) is 17.3 Å². The molecule has 3 fully saturated rings. The summed E-state index contributed by atoms with van der Waals surface area (Å²) in [6.07, 6.45) is 5.17. The highest BCUT2D eigenvalue weighted by Gasteiger charge is 2.78. The summed E-state index contributed by atoms with van der Waals surface area (Å²) in [5.41, 5.74) is -1.71. The van der Waals surface area contributed by atoms with E-state index in [9.17, 15) is 19.5 Å². The molecule has 6 atom stereocenters. The van der Waals surface area contributed by atoms with E-state index in [0.717, 1.165) is 12.0 Å². The Labute approximate surface area is 257 Å². The molecule has 1 aromatic carbocycles. The molecule has 1 N–H and O–H groups in total. The number of likely N-dealkylation sites (tertiary alicyclic amines) is 1. The molecule has 8 nitrogen and oxygen atoms in total. The summed E-state index contributed by atoms with van der Waals surface area (Å²) < 4.78 is 6.86. The number of nitrogens with zero attached hydrogens (tertiary/aromatic N) is 3. The van der Waals surface area contributed by atoms with Crippen molar-refractivity contribution in [1.82, 2.24) is 14.7 Å². The Hall–Kier alpha value is -2.97. The minimum Gasteiger partial charge on any atom is -0.394 e. The fraction of sp³-hybridized carbons (Fsp3) is 0.629. The number of aliphatic hydroxyl groups is 1. The lowest BCUT2D eigenvalue weighted by molar-refractivity contribution is -0.159. The monoisotopic (exact) mass is 593 g/mol. The number of amides is 3. The van der Waals surface area contributed by atoms with E-state index in [1.54, 1.807) is 24.0 Å². The predicted octanol–water partition coefficient (Wildman–Crippen LogP) is 4.58. The van der Waals surface area contributed by atoms with Crippen LogP contribution < -0.4 is 0 Å². The number of rotatable bonds is 12. The fourth-order valence-corrected chi connectivity index (χ4v) is 8.28. The van der Waals surface area contributed by atoms with E-state index in [-0.39, 0.29) is 29.7 Å². The first-order chi connectivity index (χ1) is 20.1. The van der Waals surface area contributed by atoms with Gasteiger partial charge in [0, 0.05) is 25.2 Å². The number of aliphatic hydroxyl groups excluding tert-OH is 1. The summed E-state index contributed by atoms with van der Waals surface area (Å²) >= 11 is 0. The van der Waals surface area contributed by atoms with Gasteiger partial charge in [-0.25, -0.2) is 0 Å². The lowest BCUT2D eigenvalue weighted by Crippen LogP contribution is -2.62. The van der Waals surface area contributed by atoms with Crippen molar-refractivity contribution in [3.63, 3.8) is 0 Å². The normalized spacial score (nSPS) is 28.9. The molecule has 3 heterocycles. The molecule has 43 heavy (non-hydrogen) atoms. The van der Waals surface area contributed by atoms with E-state index in [0.29, 0.717) is 32.5 Å². The second-order valence-electron chi connectivity index (χ2n) is 14.8. The molecule has 3 saturated heterocycles. The molecule has 8 heteroatoms. The van der Waals surface area contributed by atoms with Gasteiger partial charge >= 0.3 is 0 Å². The Bertz CT molecular complexity index is 1240. The minimum atomic E-state index is -1.17. The van der Waals surface area contributed by atoms with Crippen LogP contribution in [0.4, 0.5) is 0 Å². The zero-order valence-electron chi connectivity index (χ0n) is 27.1. The highest BCUT2D eigenvalue weighted by Crippen LogP contribution is 2.64. The van der Waals surface area contributed by atoms with Crippen molar-refractivity contribution < 1.29 is 24.2 Å². The summed E-state index contributed by atoms with van der Waals surface area (Å²) in [5, 5.41) is 10.3. The molecule has 3 amide bonds. The Kier molecular flexibility index (Phi) is 9.07. The maximum Gasteiger partial charge on any atom is 0.249 e. The number of fused-ring (bicyclic) bond motifs is 1. The van der Waals surface area contributed by atoms with E-state index in [2.05, 4.69) is 33.9 Å². The summed E-state index contributed by atoms with van der Waals surface area (Å²) in [7, 11) is 0. The van der Waals surface area contributed by atoms with Crippen molar-refractivity contribution in [3.05, 3.63) is 61.2 Å². The molecule has 1 aromatic rings. The van der Waals surface area contributed by atoms with Gasteiger partial charge in [0.15, 0.2) is 0 Å². The first kappa shape index (κ1) is 32.9. The molecule has 0 aromatic heterocycles. The van der Waals surface area contributed by atoms with Crippen LogP contribution in [-0.2, 0) is 25.7 Å². The second kappa shape index (κ2) is 11.8. The molecule has 236 valence electrons. The summed E-state index contributed by atoms with van der Waals surface area (Å²) in [6.45, 7) is 22.7. The van der Waals surface area contributed by atoms with Crippen molar-refractivity contribution in [2.45, 2.75) is 103 Å². The molecule has 2 unspecified atom stereocenters. The van der Waals surface area contributed by atoms with Crippen LogP contribution in [0.25, 0.3) is 0 Å². The Morgan fingerprint density at radius 1 is 1.09 bits per heavy atom. The number of benzene rings is 1. The van der Waals surface area contributed by atoms with Gasteiger partial charge < -0.3 is 24.5 Å². The van der Waals surface area contributed by atoms with Crippen molar-refractivity contribution in [1.29, 1.82) is 0 Å². The van der Waals surface area contributed by atoms with Crippen molar-refractivity contribution in [2.75, 3.05) is 19.7 Å². The van der Waals surface area contributed by atoms with Crippen LogP contribution in [-0.4, -0.2) is 86.0 Å². The predicted molar refractivity (Wildman–Crippen MR) is 168 cm³/mol. The molecule has 3 aliphatic rings. The molecular formula is C35H51N3O5. The van der Waals surface area contributed by atoms with Gasteiger partial charge in [-0.15, -0.1) is 13.2 Å². The van der Waals surface area contributed by atoms with E-state index >= 15 is 0 Å². The smallest absolute Gasteiger partial charge is 0.249 e. The van der Waals surface area contributed by atoms with Crippen LogP contribution >= 0.6 is 0 Å². The summed E-state index contributed by atoms with van der Waals surface area (Å²) in [5.74, 6) is -2.30. The minimum absolute atomic E-state index is 0.0612. The van der Waals surface area contributed by atoms with Gasteiger partial charge in [0.05, 0.1) is 30.1 Å². The third kappa shape index (κ3) is 5.80. The maximum absolute atomic E-state index is 14.8. The average Bonchev–Trinajstić information content (AvgIpc) is 3.50. The topological polar surface area (TPSA) is 90.4 Å².